The molecular weight excluding hydrogens is 149 g/mol. The van der Waals surface area contributed by atoms with Crippen molar-refractivity contribution in [1.82, 2.24) is 0 Å². The molecule has 0 saturated carbocycles. The van der Waals surface area contributed by atoms with Gasteiger partial charge >= 0.3 is 5.97 Å². The molecule has 57 valence electrons. The summed E-state index contributed by atoms with van der Waals surface area (Å²) in [6, 6.07) is -0.683. The van der Waals surface area contributed by atoms with Gasteiger partial charge in [-0.05, 0) is 18.4 Å². The van der Waals surface area contributed by atoms with E-state index in [0.717, 1.165) is 5.75 Å². The highest BCUT2D eigenvalue weighted by Crippen LogP contribution is 1.97. The zero-order valence-corrected chi connectivity index (χ0v) is 6.73. The van der Waals surface area contributed by atoms with E-state index >= 15 is 0 Å². The number of thioether (sulfide) groups is 1. The predicted octanol–water partition coefficient (Wildman–Crippen LogP) is -0.229. The van der Waals surface area contributed by atoms with Gasteiger partial charge in [-0.1, -0.05) is 0 Å². The fraction of sp³-hybridized carbons (Fsp3) is 0.800. The van der Waals surface area contributed by atoms with E-state index in [1.807, 2.05) is 6.26 Å². The number of carboxylic acid groups (broad SMARTS) is 1. The first-order valence-electron chi connectivity index (χ1n) is 2.65. The molecule has 0 spiro atoms. The van der Waals surface area contributed by atoms with E-state index in [4.69, 9.17) is 10.8 Å². The van der Waals surface area contributed by atoms with E-state index < -0.39 is 12.0 Å². The molecule has 10 heavy (non-hydrogen) atoms. The van der Waals surface area contributed by atoms with Crippen LogP contribution in [-0.2, 0) is 4.79 Å². The lowest BCUT2D eigenvalue weighted by Crippen LogP contribution is -2.30. The van der Waals surface area contributed by atoms with Gasteiger partial charge in [0.25, 0.3) is 0 Å². The summed E-state index contributed by atoms with van der Waals surface area (Å²) < 4.78 is 0. The van der Waals surface area contributed by atoms with Crippen molar-refractivity contribution in [3.8, 4) is 0 Å². The minimum Gasteiger partial charge on any atom is -0.480 e. The number of nitrogens with two attached hydrogens (primary N) is 1. The number of carbonyl (C=O) groups is 1. The maximum absolute atomic E-state index is 10.1. The molecule has 0 bridgehead atoms. The maximum atomic E-state index is 10.1. The summed E-state index contributed by atoms with van der Waals surface area (Å²) in [5.41, 5.74) is 5.19. The normalized spacial score (nSPS) is 11.8. The van der Waals surface area contributed by atoms with E-state index in [1.54, 1.807) is 11.8 Å². The van der Waals surface area contributed by atoms with E-state index in [-0.39, 0.29) is 8.41 Å². The molecule has 1 atom stereocenters. The third-order valence-electron chi connectivity index (χ3n) is 0.950. The molecule has 0 saturated heterocycles. The van der Waals surface area contributed by atoms with Crippen molar-refractivity contribution in [2.24, 2.45) is 5.73 Å². The SMILES string of the molecule is CSCCC(N)C(=O)O.[B]. The third kappa shape index (κ3) is 5.97. The number of rotatable bonds is 4. The molecule has 0 aliphatic rings. The minimum absolute atomic E-state index is 0. The van der Waals surface area contributed by atoms with Crippen molar-refractivity contribution >= 4 is 26.1 Å². The summed E-state index contributed by atoms with van der Waals surface area (Å²) in [6.45, 7) is 0. The van der Waals surface area contributed by atoms with Gasteiger partial charge in [0.1, 0.15) is 6.04 Å². The van der Waals surface area contributed by atoms with E-state index in [0.29, 0.717) is 6.42 Å². The van der Waals surface area contributed by atoms with Crippen LogP contribution in [0.15, 0.2) is 0 Å². The average molecular weight is 160 g/mol. The van der Waals surface area contributed by atoms with Crippen molar-refractivity contribution in [1.29, 1.82) is 0 Å². The van der Waals surface area contributed by atoms with Crippen molar-refractivity contribution < 1.29 is 9.90 Å². The van der Waals surface area contributed by atoms with Gasteiger partial charge in [-0.25, -0.2) is 0 Å². The first-order valence-corrected chi connectivity index (χ1v) is 4.05. The molecule has 5 heteroatoms. The van der Waals surface area contributed by atoms with Gasteiger partial charge in [-0.2, -0.15) is 11.8 Å². The standard InChI is InChI=1S/C5H11NO2S.B/c1-9-3-2-4(6)5(7)8;/h4H,2-3,6H2,1H3,(H,7,8);. The Morgan fingerprint density at radius 2 is 2.30 bits per heavy atom. The molecule has 0 aromatic heterocycles. The smallest absolute Gasteiger partial charge is 0.320 e. The van der Waals surface area contributed by atoms with Crippen LogP contribution in [0.1, 0.15) is 6.42 Å². The van der Waals surface area contributed by atoms with Crippen LogP contribution >= 0.6 is 11.8 Å². The van der Waals surface area contributed by atoms with Crippen LogP contribution in [0.2, 0.25) is 0 Å². The van der Waals surface area contributed by atoms with Gasteiger partial charge in [0.15, 0.2) is 0 Å². The van der Waals surface area contributed by atoms with E-state index in [2.05, 4.69) is 0 Å². The molecule has 0 fully saturated rings. The predicted molar refractivity (Wildman–Crippen MR) is 44.4 cm³/mol. The molecule has 3 N–H and O–H groups in total. The zero-order valence-electron chi connectivity index (χ0n) is 5.91. The van der Waals surface area contributed by atoms with Gasteiger partial charge in [-0.3, -0.25) is 4.79 Å². The number of hydrogen-bond acceptors (Lipinski definition) is 3. The fourth-order valence-electron chi connectivity index (χ4n) is 0.368. The van der Waals surface area contributed by atoms with Crippen LogP contribution in [0.4, 0.5) is 0 Å². The molecule has 3 nitrogen and oxygen atoms in total. The lowest BCUT2D eigenvalue weighted by atomic mass is 10.2. The molecule has 0 heterocycles. The number of carboxylic acids is 1. The van der Waals surface area contributed by atoms with Gasteiger partial charge in [0.2, 0.25) is 0 Å². The first kappa shape index (κ1) is 12.5. The van der Waals surface area contributed by atoms with Crippen LogP contribution in [-0.4, -0.2) is 37.5 Å². The summed E-state index contributed by atoms with van der Waals surface area (Å²) in [5, 5.41) is 8.27. The summed E-state index contributed by atoms with van der Waals surface area (Å²) in [5.74, 6) is -0.1000. The van der Waals surface area contributed by atoms with Gasteiger partial charge < -0.3 is 10.8 Å². The zero-order chi connectivity index (χ0) is 7.28. The molecule has 0 aliphatic carbocycles. The Morgan fingerprint density at radius 3 is 2.60 bits per heavy atom. The largest absolute Gasteiger partial charge is 0.480 e. The van der Waals surface area contributed by atoms with Crippen molar-refractivity contribution in [3.63, 3.8) is 0 Å². The highest BCUT2D eigenvalue weighted by Gasteiger charge is 2.08. The Balaban J connectivity index is 0. The Hall–Kier alpha value is -0.155. The fourth-order valence-corrected chi connectivity index (χ4v) is 0.858. The summed E-state index contributed by atoms with van der Waals surface area (Å²) in [6.07, 6.45) is 2.48. The second kappa shape index (κ2) is 6.96. The Bertz CT molecular complexity index is 102. The van der Waals surface area contributed by atoms with Crippen LogP contribution in [0.5, 0.6) is 0 Å². The van der Waals surface area contributed by atoms with Crippen LogP contribution < -0.4 is 5.73 Å². The monoisotopic (exact) mass is 160 g/mol. The quantitative estimate of drug-likeness (QED) is 0.557. The molecule has 0 aromatic carbocycles. The molecule has 1 unspecified atom stereocenters. The number of hydrogen-bond donors (Lipinski definition) is 2. The topological polar surface area (TPSA) is 63.3 Å². The minimum atomic E-state index is -0.913. The highest BCUT2D eigenvalue weighted by molar-refractivity contribution is 7.98. The number of aliphatic carboxylic acids is 1. The van der Waals surface area contributed by atoms with Crippen LogP contribution in [0, 0.1) is 0 Å². The van der Waals surface area contributed by atoms with Crippen molar-refractivity contribution in [2.75, 3.05) is 12.0 Å². The van der Waals surface area contributed by atoms with Gasteiger partial charge in [0, 0.05) is 8.41 Å². The summed E-state index contributed by atoms with van der Waals surface area (Å²) >= 11 is 1.60. The lowest BCUT2D eigenvalue weighted by Gasteiger charge is -2.02. The Kier molecular flexibility index (Phi) is 8.71. The molecule has 3 radical (unpaired) electrons. The molecule has 0 aliphatic heterocycles. The summed E-state index contributed by atoms with van der Waals surface area (Å²) in [4.78, 5) is 10.1. The second-order valence-corrected chi connectivity index (χ2v) is 2.71. The molecule has 0 rings (SSSR count). The van der Waals surface area contributed by atoms with E-state index in [9.17, 15) is 4.79 Å². The Morgan fingerprint density at radius 1 is 1.80 bits per heavy atom. The van der Waals surface area contributed by atoms with Crippen LogP contribution in [0.3, 0.4) is 0 Å². The van der Waals surface area contributed by atoms with Gasteiger partial charge in [0.05, 0.1) is 0 Å². The van der Waals surface area contributed by atoms with Gasteiger partial charge in [-0.15, -0.1) is 0 Å². The van der Waals surface area contributed by atoms with Crippen molar-refractivity contribution in [3.05, 3.63) is 0 Å². The van der Waals surface area contributed by atoms with Crippen molar-refractivity contribution in [2.45, 2.75) is 12.5 Å². The third-order valence-corrected chi connectivity index (χ3v) is 1.59. The highest BCUT2D eigenvalue weighted by atomic mass is 32.2. The van der Waals surface area contributed by atoms with Crippen LogP contribution in [0.25, 0.3) is 0 Å². The first-order chi connectivity index (χ1) is 4.18. The second-order valence-electron chi connectivity index (χ2n) is 1.73. The van der Waals surface area contributed by atoms with E-state index in [1.165, 1.54) is 0 Å². The Labute approximate surface area is 66.9 Å². The maximum Gasteiger partial charge on any atom is 0.320 e. The molecule has 0 aromatic rings. The summed E-state index contributed by atoms with van der Waals surface area (Å²) in [7, 11) is 0. The molecular formula is C5H11BNO2S. The lowest BCUT2D eigenvalue weighted by molar-refractivity contribution is -0.138. The average Bonchev–Trinajstić information content (AvgIpc) is 1.82. The molecule has 0 amide bonds.